The summed E-state index contributed by atoms with van der Waals surface area (Å²) in [4.78, 5) is 14.3. The van der Waals surface area contributed by atoms with Gasteiger partial charge in [0.2, 0.25) is 5.91 Å². The predicted molar refractivity (Wildman–Crippen MR) is 69.3 cm³/mol. The van der Waals surface area contributed by atoms with E-state index in [2.05, 4.69) is 6.58 Å². The van der Waals surface area contributed by atoms with Crippen molar-refractivity contribution in [3.63, 3.8) is 0 Å². The molecule has 0 saturated carbocycles. The summed E-state index contributed by atoms with van der Waals surface area (Å²) in [6.45, 7) is 11.7. The molecule has 18 heavy (non-hydrogen) atoms. The van der Waals surface area contributed by atoms with E-state index < -0.39 is 0 Å². The van der Waals surface area contributed by atoms with E-state index in [1.807, 2.05) is 25.7 Å². The minimum Gasteiger partial charge on any atom is -0.376 e. The van der Waals surface area contributed by atoms with E-state index in [1.54, 1.807) is 0 Å². The van der Waals surface area contributed by atoms with Gasteiger partial charge in [-0.1, -0.05) is 5.57 Å². The maximum absolute atomic E-state index is 12.3. The molecule has 2 fully saturated rings. The average Bonchev–Trinajstić information content (AvgIpc) is 2.70. The topological polar surface area (TPSA) is 38.8 Å². The van der Waals surface area contributed by atoms with Crippen molar-refractivity contribution in [3.8, 4) is 0 Å². The number of carbonyl (C=O) groups is 1. The molecular weight excluding hydrogens is 230 g/mol. The lowest BCUT2D eigenvalue weighted by atomic mass is 10.00. The van der Waals surface area contributed by atoms with E-state index in [1.165, 1.54) is 0 Å². The molecule has 0 aromatic rings. The van der Waals surface area contributed by atoms with Crippen molar-refractivity contribution >= 4 is 5.91 Å². The Hall–Kier alpha value is -0.870. The minimum absolute atomic E-state index is 0.0301. The summed E-state index contributed by atoms with van der Waals surface area (Å²) >= 11 is 0. The monoisotopic (exact) mass is 253 g/mol. The van der Waals surface area contributed by atoms with Gasteiger partial charge < -0.3 is 14.4 Å². The third kappa shape index (κ3) is 2.93. The fourth-order valence-electron chi connectivity index (χ4n) is 2.64. The maximum Gasteiger partial charge on any atom is 0.223 e. The van der Waals surface area contributed by atoms with Gasteiger partial charge >= 0.3 is 0 Å². The van der Waals surface area contributed by atoms with Crippen LogP contribution in [0.4, 0.5) is 0 Å². The van der Waals surface area contributed by atoms with Crippen LogP contribution >= 0.6 is 0 Å². The summed E-state index contributed by atoms with van der Waals surface area (Å²) < 4.78 is 11.4. The molecule has 2 heterocycles. The second-order valence-corrected chi connectivity index (χ2v) is 6.00. The molecule has 2 aliphatic rings. The fourth-order valence-corrected chi connectivity index (χ4v) is 2.64. The van der Waals surface area contributed by atoms with E-state index >= 15 is 0 Å². The first-order chi connectivity index (χ1) is 8.39. The van der Waals surface area contributed by atoms with Crippen molar-refractivity contribution in [2.75, 3.05) is 19.8 Å². The van der Waals surface area contributed by atoms with Crippen LogP contribution in [0.2, 0.25) is 0 Å². The molecule has 4 heteroatoms. The largest absolute Gasteiger partial charge is 0.376 e. The van der Waals surface area contributed by atoms with E-state index in [4.69, 9.17) is 9.47 Å². The molecule has 0 aromatic carbocycles. The summed E-state index contributed by atoms with van der Waals surface area (Å²) in [5.41, 5.74) is 0.767. The molecule has 0 unspecified atom stereocenters. The SMILES string of the molecule is C=C(C)CCC(=O)N1CC(C)(C)O[C@@H]2COC[C@H]21. The molecule has 2 aliphatic heterocycles. The Morgan fingerprint density at radius 3 is 2.78 bits per heavy atom. The highest BCUT2D eigenvalue weighted by Gasteiger charge is 2.45. The molecule has 0 bridgehead atoms. The number of fused-ring (bicyclic) bond motifs is 1. The van der Waals surface area contributed by atoms with Crippen LogP contribution in [-0.4, -0.2) is 48.3 Å². The van der Waals surface area contributed by atoms with Crippen molar-refractivity contribution in [1.29, 1.82) is 0 Å². The molecule has 0 radical (unpaired) electrons. The quantitative estimate of drug-likeness (QED) is 0.719. The van der Waals surface area contributed by atoms with Gasteiger partial charge in [0, 0.05) is 13.0 Å². The van der Waals surface area contributed by atoms with Crippen molar-refractivity contribution < 1.29 is 14.3 Å². The number of ether oxygens (including phenoxy) is 2. The van der Waals surface area contributed by atoms with Crippen LogP contribution in [0, 0.1) is 0 Å². The second-order valence-electron chi connectivity index (χ2n) is 6.00. The molecule has 4 nitrogen and oxygen atoms in total. The van der Waals surface area contributed by atoms with E-state index in [0.717, 1.165) is 12.0 Å². The number of amides is 1. The van der Waals surface area contributed by atoms with Gasteiger partial charge in [0.25, 0.3) is 0 Å². The summed E-state index contributed by atoms with van der Waals surface area (Å²) in [6.07, 6.45) is 1.33. The molecule has 0 N–H and O–H groups in total. The van der Waals surface area contributed by atoms with E-state index in [9.17, 15) is 4.79 Å². The molecule has 0 spiro atoms. The first-order valence-electron chi connectivity index (χ1n) is 6.58. The van der Waals surface area contributed by atoms with Crippen LogP contribution in [0.5, 0.6) is 0 Å². The van der Waals surface area contributed by atoms with Gasteiger partial charge in [-0.3, -0.25) is 4.79 Å². The Morgan fingerprint density at radius 2 is 2.11 bits per heavy atom. The standard InChI is InChI=1S/C14H23NO3/c1-10(2)5-6-13(16)15-9-14(3,4)18-12-8-17-7-11(12)15/h11-12H,1,5-9H2,2-4H3/t11-,12-/m1/s1. The van der Waals surface area contributed by atoms with Crippen molar-refractivity contribution in [2.45, 2.75) is 51.4 Å². The molecule has 2 saturated heterocycles. The zero-order valence-electron chi connectivity index (χ0n) is 11.6. The van der Waals surface area contributed by atoms with Gasteiger partial charge in [0.15, 0.2) is 0 Å². The summed E-state index contributed by atoms with van der Waals surface area (Å²) in [5.74, 6) is 0.190. The van der Waals surface area contributed by atoms with Crippen LogP contribution in [0.25, 0.3) is 0 Å². The molecule has 2 atom stereocenters. The normalized spacial score (nSPS) is 30.1. The fraction of sp³-hybridized carbons (Fsp3) is 0.786. The second kappa shape index (κ2) is 5.02. The molecule has 2 rings (SSSR count). The summed E-state index contributed by atoms with van der Waals surface area (Å²) in [7, 11) is 0. The molecule has 0 aliphatic carbocycles. The van der Waals surface area contributed by atoms with Gasteiger partial charge in [-0.05, 0) is 27.2 Å². The van der Waals surface area contributed by atoms with Gasteiger partial charge in [-0.25, -0.2) is 0 Å². The number of allylic oxidation sites excluding steroid dienone is 1. The van der Waals surface area contributed by atoms with Gasteiger partial charge in [-0.2, -0.15) is 0 Å². The van der Waals surface area contributed by atoms with E-state index in [0.29, 0.717) is 26.2 Å². The Labute approximate surface area is 109 Å². The minimum atomic E-state index is -0.284. The van der Waals surface area contributed by atoms with Crippen molar-refractivity contribution in [1.82, 2.24) is 4.90 Å². The number of morpholine rings is 1. The Kier molecular flexibility index (Phi) is 3.78. The molecule has 102 valence electrons. The van der Waals surface area contributed by atoms with Crippen LogP contribution in [-0.2, 0) is 14.3 Å². The third-order valence-electron chi connectivity index (χ3n) is 3.51. The lowest BCUT2D eigenvalue weighted by Gasteiger charge is -2.45. The average molecular weight is 253 g/mol. The highest BCUT2D eigenvalue weighted by atomic mass is 16.6. The molecule has 0 aromatic heterocycles. The zero-order chi connectivity index (χ0) is 13.3. The van der Waals surface area contributed by atoms with Crippen LogP contribution in [0.3, 0.4) is 0 Å². The van der Waals surface area contributed by atoms with Gasteiger partial charge in [0.1, 0.15) is 6.10 Å². The third-order valence-corrected chi connectivity index (χ3v) is 3.51. The zero-order valence-corrected chi connectivity index (χ0v) is 11.6. The number of carbonyl (C=O) groups excluding carboxylic acids is 1. The van der Waals surface area contributed by atoms with Crippen LogP contribution in [0.15, 0.2) is 12.2 Å². The number of nitrogens with zero attached hydrogens (tertiary/aromatic N) is 1. The molecular formula is C14H23NO3. The summed E-state index contributed by atoms with van der Waals surface area (Å²) in [5, 5.41) is 0. The van der Waals surface area contributed by atoms with Crippen molar-refractivity contribution in [2.24, 2.45) is 0 Å². The van der Waals surface area contributed by atoms with E-state index in [-0.39, 0.29) is 23.7 Å². The lowest BCUT2D eigenvalue weighted by Crippen LogP contribution is -2.60. The van der Waals surface area contributed by atoms with Gasteiger partial charge in [-0.15, -0.1) is 6.58 Å². The van der Waals surface area contributed by atoms with Crippen LogP contribution < -0.4 is 0 Å². The highest BCUT2D eigenvalue weighted by Crippen LogP contribution is 2.30. The first kappa shape index (κ1) is 13.6. The predicted octanol–water partition coefficient (Wildman–Crippen LogP) is 1.75. The highest BCUT2D eigenvalue weighted by molar-refractivity contribution is 5.77. The maximum atomic E-state index is 12.3. The Balaban J connectivity index is 2.04. The van der Waals surface area contributed by atoms with Gasteiger partial charge in [0.05, 0.1) is 24.9 Å². The number of hydrogen-bond donors (Lipinski definition) is 0. The molecule has 1 amide bonds. The smallest absolute Gasteiger partial charge is 0.223 e. The summed E-state index contributed by atoms with van der Waals surface area (Å²) in [6, 6.07) is 0.0932. The Morgan fingerprint density at radius 1 is 1.39 bits per heavy atom. The lowest BCUT2D eigenvalue weighted by molar-refractivity contribution is -0.168. The van der Waals surface area contributed by atoms with Crippen LogP contribution in [0.1, 0.15) is 33.6 Å². The number of hydrogen-bond acceptors (Lipinski definition) is 3. The van der Waals surface area contributed by atoms with Crippen molar-refractivity contribution in [3.05, 3.63) is 12.2 Å². The first-order valence-corrected chi connectivity index (χ1v) is 6.58. The number of rotatable bonds is 3. The Bertz CT molecular complexity index is 351.